The predicted octanol–water partition coefficient (Wildman–Crippen LogP) is 2.75. The van der Waals surface area contributed by atoms with Gasteiger partial charge in [0, 0.05) is 23.3 Å². The lowest BCUT2D eigenvalue weighted by Gasteiger charge is -2.17. The summed E-state index contributed by atoms with van der Waals surface area (Å²) < 4.78 is 6.82. The van der Waals surface area contributed by atoms with E-state index in [1.165, 1.54) is 12.8 Å². The minimum atomic E-state index is 0.233. The number of halogens is 1. The van der Waals surface area contributed by atoms with Crippen LogP contribution in [0, 0.1) is 0 Å². The molecule has 0 spiro atoms. The van der Waals surface area contributed by atoms with Gasteiger partial charge in [-0.3, -0.25) is 4.98 Å². The Balaban J connectivity index is 1.84. The third kappa shape index (κ3) is 3.76. The zero-order chi connectivity index (χ0) is 11.4. The van der Waals surface area contributed by atoms with Crippen LogP contribution >= 0.6 is 15.9 Å². The summed E-state index contributed by atoms with van der Waals surface area (Å²) in [7, 11) is 0. The van der Waals surface area contributed by atoms with Gasteiger partial charge in [0.2, 0.25) is 0 Å². The molecular weight excluding hydrogens is 268 g/mol. The molecule has 4 heteroatoms. The van der Waals surface area contributed by atoms with E-state index >= 15 is 0 Å². The van der Waals surface area contributed by atoms with E-state index in [2.05, 4.69) is 33.2 Å². The maximum Gasteiger partial charge on any atom is 0.139 e. The normalized spacial score (nSPS) is 17.1. The van der Waals surface area contributed by atoms with Crippen molar-refractivity contribution in [1.29, 1.82) is 0 Å². The zero-order valence-electron chi connectivity index (χ0n) is 9.45. The number of hydrogen-bond acceptors (Lipinski definition) is 3. The number of aromatic nitrogens is 1. The Morgan fingerprint density at radius 3 is 3.00 bits per heavy atom. The molecule has 1 saturated carbocycles. The van der Waals surface area contributed by atoms with Crippen molar-refractivity contribution < 1.29 is 4.74 Å². The minimum absolute atomic E-state index is 0.233. The van der Waals surface area contributed by atoms with Gasteiger partial charge < -0.3 is 10.1 Å². The molecule has 0 radical (unpaired) electrons. The summed E-state index contributed by atoms with van der Waals surface area (Å²) in [5.74, 6) is 0.832. The molecule has 1 aliphatic rings. The first kappa shape index (κ1) is 11.9. The lowest BCUT2D eigenvalue weighted by atomic mass is 10.2. The maximum atomic E-state index is 5.87. The highest BCUT2D eigenvalue weighted by atomic mass is 79.9. The van der Waals surface area contributed by atoms with E-state index < -0.39 is 0 Å². The van der Waals surface area contributed by atoms with Crippen LogP contribution in [-0.4, -0.2) is 23.7 Å². The molecule has 1 aliphatic carbocycles. The van der Waals surface area contributed by atoms with E-state index in [4.69, 9.17) is 4.74 Å². The van der Waals surface area contributed by atoms with Gasteiger partial charge in [0.05, 0.1) is 6.20 Å². The van der Waals surface area contributed by atoms with Crippen LogP contribution in [-0.2, 0) is 0 Å². The molecule has 1 aromatic heterocycles. The first-order chi connectivity index (χ1) is 7.78. The van der Waals surface area contributed by atoms with Gasteiger partial charge in [-0.1, -0.05) is 6.92 Å². The van der Waals surface area contributed by atoms with Crippen molar-refractivity contribution in [3.05, 3.63) is 22.9 Å². The van der Waals surface area contributed by atoms with E-state index in [0.29, 0.717) is 0 Å². The van der Waals surface area contributed by atoms with E-state index in [9.17, 15) is 0 Å². The van der Waals surface area contributed by atoms with Gasteiger partial charge in [0.15, 0.2) is 0 Å². The highest BCUT2D eigenvalue weighted by Gasteiger charge is 2.21. The van der Waals surface area contributed by atoms with Crippen molar-refractivity contribution in [1.82, 2.24) is 10.3 Å². The standard InChI is InChI=1S/C12H17BrN2O/c1-2-11(8-15-10-3-4-10)16-12-5-9(13)6-14-7-12/h5-7,10-11,15H,2-4,8H2,1H3. The molecular formula is C12H17BrN2O. The van der Waals surface area contributed by atoms with Crippen molar-refractivity contribution in [2.45, 2.75) is 38.3 Å². The second-order valence-electron chi connectivity index (χ2n) is 4.17. The Labute approximate surface area is 105 Å². The molecule has 1 heterocycles. The van der Waals surface area contributed by atoms with Gasteiger partial charge in [0.1, 0.15) is 11.9 Å². The molecule has 1 fully saturated rings. The molecule has 1 aromatic rings. The number of ether oxygens (including phenoxy) is 1. The van der Waals surface area contributed by atoms with Crippen LogP contribution in [0.15, 0.2) is 22.9 Å². The summed E-state index contributed by atoms with van der Waals surface area (Å²) in [5, 5.41) is 3.49. The summed E-state index contributed by atoms with van der Waals surface area (Å²) in [6.07, 6.45) is 7.38. The van der Waals surface area contributed by atoms with Gasteiger partial charge in [-0.05, 0) is 41.3 Å². The van der Waals surface area contributed by atoms with E-state index in [1.807, 2.05) is 6.07 Å². The predicted molar refractivity (Wildman–Crippen MR) is 67.7 cm³/mol. The fourth-order valence-electron chi connectivity index (χ4n) is 1.50. The van der Waals surface area contributed by atoms with E-state index in [1.54, 1.807) is 12.4 Å². The third-order valence-electron chi connectivity index (χ3n) is 2.65. The summed E-state index contributed by atoms with van der Waals surface area (Å²) in [6, 6.07) is 2.69. The summed E-state index contributed by atoms with van der Waals surface area (Å²) in [6.45, 7) is 3.07. The summed E-state index contributed by atoms with van der Waals surface area (Å²) in [4.78, 5) is 4.09. The molecule has 1 N–H and O–H groups in total. The number of nitrogens with one attached hydrogen (secondary N) is 1. The number of hydrogen-bond donors (Lipinski definition) is 1. The molecule has 2 rings (SSSR count). The average Bonchev–Trinajstić information content (AvgIpc) is 3.08. The van der Waals surface area contributed by atoms with E-state index in [-0.39, 0.29) is 6.10 Å². The molecule has 0 aliphatic heterocycles. The van der Waals surface area contributed by atoms with Crippen LogP contribution in [0.1, 0.15) is 26.2 Å². The van der Waals surface area contributed by atoms with Crippen LogP contribution in [0.2, 0.25) is 0 Å². The van der Waals surface area contributed by atoms with Crippen LogP contribution < -0.4 is 10.1 Å². The van der Waals surface area contributed by atoms with Crippen molar-refractivity contribution >= 4 is 15.9 Å². The topological polar surface area (TPSA) is 34.1 Å². The molecule has 3 nitrogen and oxygen atoms in total. The monoisotopic (exact) mass is 284 g/mol. The summed E-state index contributed by atoms with van der Waals surface area (Å²) in [5.41, 5.74) is 0. The van der Waals surface area contributed by atoms with Crippen LogP contribution in [0.25, 0.3) is 0 Å². The Kier molecular flexibility index (Phi) is 4.18. The highest BCUT2D eigenvalue weighted by molar-refractivity contribution is 9.10. The lowest BCUT2D eigenvalue weighted by molar-refractivity contribution is 0.192. The number of pyridine rings is 1. The van der Waals surface area contributed by atoms with Gasteiger partial charge >= 0.3 is 0 Å². The molecule has 0 aromatic carbocycles. The van der Waals surface area contributed by atoms with Crippen LogP contribution in [0.5, 0.6) is 5.75 Å². The molecule has 0 saturated heterocycles. The Morgan fingerprint density at radius 2 is 2.38 bits per heavy atom. The molecule has 1 unspecified atom stereocenters. The third-order valence-corrected chi connectivity index (χ3v) is 3.08. The Bertz CT molecular complexity index is 342. The van der Waals surface area contributed by atoms with Crippen LogP contribution in [0.4, 0.5) is 0 Å². The Morgan fingerprint density at radius 1 is 1.56 bits per heavy atom. The largest absolute Gasteiger partial charge is 0.487 e. The minimum Gasteiger partial charge on any atom is -0.487 e. The SMILES string of the molecule is CCC(CNC1CC1)Oc1cncc(Br)c1. The molecule has 16 heavy (non-hydrogen) atoms. The Hall–Kier alpha value is -0.610. The maximum absolute atomic E-state index is 5.87. The molecule has 1 atom stereocenters. The highest BCUT2D eigenvalue weighted by Crippen LogP contribution is 2.20. The molecule has 0 bridgehead atoms. The quantitative estimate of drug-likeness (QED) is 0.872. The van der Waals surface area contributed by atoms with E-state index in [0.717, 1.165) is 29.2 Å². The van der Waals surface area contributed by atoms with Crippen LogP contribution in [0.3, 0.4) is 0 Å². The van der Waals surface area contributed by atoms with Crippen molar-refractivity contribution in [3.63, 3.8) is 0 Å². The summed E-state index contributed by atoms with van der Waals surface area (Å²) >= 11 is 3.39. The van der Waals surface area contributed by atoms with Crippen molar-refractivity contribution in [2.75, 3.05) is 6.54 Å². The molecule has 88 valence electrons. The second-order valence-corrected chi connectivity index (χ2v) is 5.09. The number of rotatable bonds is 6. The van der Waals surface area contributed by atoms with Crippen molar-refractivity contribution in [3.8, 4) is 5.75 Å². The van der Waals surface area contributed by atoms with Gasteiger partial charge in [-0.15, -0.1) is 0 Å². The smallest absolute Gasteiger partial charge is 0.139 e. The van der Waals surface area contributed by atoms with Gasteiger partial charge in [-0.2, -0.15) is 0 Å². The first-order valence-corrected chi connectivity index (χ1v) is 6.58. The van der Waals surface area contributed by atoms with Crippen molar-refractivity contribution in [2.24, 2.45) is 0 Å². The zero-order valence-corrected chi connectivity index (χ0v) is 11.0. The second kappa shape index (κ2) is 5.64. The average molecular weight is 285 g/mol. The molecule has 0 amide bonds. The van der Waals surface area contributed by atoms with Gasteiger partial charge in [-0.25, -0.2) is 0 Å². The van der Waals surface area contributed by atoms with Gasteiger partial charge in [0.25, 0.3) is 0 Å². The first-order valence-electron chi connectivity index (χ1n) is 5.78. The fraction of sp³-hybridized carbons (Fsp3) is 0.583. The fourth-order valence-corrected chi connectivity index (χ4v) is 1.85. The number of nitrogens with zero attached hydrogens (tertiary/aromatic N) is 1. The lowest BCUT2D eigenvalue weighted by Crippen LogP contribution is -2.32.